The molecule has 268 valence electrons. The first-order chi connectivity index (χ1) is 24.9. The van der Waals surface area contributed by atoms with Crippen molar-refractivity contribution in [2.45, 2.75) is 63.3 Å². The van der Waals surface area contributed by atoms with E-state index in [9.17, 15) is 14.4 Å². The number of amides is 1. The number of rotatable bonds is 9. The number of nitrogens with zero attached hydrogens (tertiary/aromatic N) is 4. The predicted octanol–water partition coefficient (Wildman–Crippen LogP) is 6.90. The molecular formula is C41H45N5O5Si. The van der Waals surface area contributed by atoms with Gasteiger partial charge in [-0.3, -0.25) is 19.0 Å². The van der Waals surface area contributed by atoms with Gasteiger partial charge in [-0.1, -0.05) is 45.0 Å². The van der Waals surface area contributed by atoms with Crippen LogP contribution in [0.25, 0.3) is 27.6 Å². The highest BCUT2D eigenvalue weighted by atomic mass is 28.4. The molecule has 1 N–H and O–H groups in total. The van der Waals surface area contributed by atoms with Crippen molar-refractivity contribution >= 4 is 36.5 Å². The van der Waals surface area contributed by atoms with Crippen molar-refractivity contribution in [1.29, 1.82) is 0 Å². The van der Waals surface area contributed by atoms with E-state index in [0.29, 0.717) is 55.4 Å². The SMILES string of the molecule is Cn1cc(-c2cccc(-n3ccc4cc(C5(C)CC5)ccc4c3=O)c2CO[Si]2(C)CC2(C)C)cc(Nc2ccc(C(=O)N3CCOCC3)cn2)c1=O. The zero-order valence-electron chi connectivity index (χ0n) is 30.5. The topological polar surface area (TPSA) is 108 Å². The van der Waals surface area contributed by atoms with Gasteiger partial charge in [0.2, 0.25) is 0 Å². The van der Waals surface area contributed by atoms with Crippen LogP contribution < -0.4 is 16.4 Å². The summed E-state index contributed by atoms with van der Waals surface area (Å²) in [5.74, 6) is 0.353. The van der Waals surface area contributed by atoms with E-state index in [-0.39, 0.29) is 27.5 Å². The Morgan fingerprint density at radius 3 is 2.46 bits per heavy atom. The second-order valence-corrected chi connectivity index (χ2v) is 20.2. The second kappa shape index (κ2) is 12.7. The number of fused-ring (bicyclic) bond motifs is 1. The molecule has 0 spiro atoms. The highest BCUT2D eigenvalue weighted by molar-refractivity contribution is 6.86. The Morgan fingerprint density at radius 1 is 1.00 bits per heavy atom. The first kappa shape index (κ1) is 34.3. The van der Waals surface area contributed by atoms with Gasteiger partial charge >= 0.3 is 0 Å². The second-order valence-electron chi connectivity index (χ2n) is 15.8. The van der Waals surface area contributed by atoms with E-state index in [4.69, 9.17) is 9.16 Å². The molecule has 1 atom stereocenters. The minimum atomic E-state index is -1.94. The number of carbonyl (C=O) groups is 1. The summed E-state index contributed by atoms with van der Waals surface area (Å²) in [6.45, 7) is 11.6. The molecule has 3 fully saturated rings. The fourth-order valence-corrected chi connectivity index (χ4v) is 10.7. The number of morpholine rings is 1. The summed E-state index contributed by atoms with van der Waals surface area (Å²) in [4.78, 5) is 46.8. The maximum absolute atomic E-state index is 14.2. The molecule has 0 bridgehead atoms. The van der Waals surface area contributed by atoms with Crippen molar-refractivity contribution in [2.24, 2.45) is 7.05 Å². The molecule has 11 heteroatoms. The molecule has 2 aliphatic heterocycles. The fraction of sp³-hybridized carbons (Fsp3) is 0.366. The van der Waals surface area contributed by atoms with Gasteiger partial charge in [0, 0.05) is 55.2 Å². The van der Waals surface area contributed by atoms with E-state index in [1.165, 1.54) is 24.6 Å². The van der Waals surface area contributed by atoms with Gasteiger partial charge in [0.05, 0.1) is 31.1 Å². The van der Waals surface area contributed by atoms with Crippen LogP contribution >= 0.6 is 0 Å². The largest absolute Gasteiger partial charge is 0.412 e. The molecule has 10 nitrogen and oxygen atoms in total. The lowest BCUT2D eigenvalue weighted by molar-refractivity contribution is 0.0302. The Hall–Kier alpha value is -4.84. The number of hydrogen-bond acceptors (Lipinski definition) is 7. The lowest BCUT2D eigenvalue weighted by Crippen LogP contribution is -2.40. The van der Waals surface area contributed by atoms with Crippen molar-refractivity contribution in [1.82, 2.24) is 19.0 Å². The van der Waals surface area contributed by atoms with Crippen LogP contribution in [0.4, 0.5) is 11.5 Å². The molecule has 5 aromatic rings. The summed E-state index contributed by atoms with van der Waals surface area (Å²) in [7, 11) is -0.222. The predicted molar refractivity (Wildman–Crippen MR) is 206 cm³/mol. The van der Waals surface area contributed by atoms with Gasteiger partial charge in [0.1, 0.15) is 11.5 Å². The minimum Gasteiger partial charge on any atom is -0.412 e. The van der Waals surface area contributed by atoms with Crippen molar-refractivity contribution < 1.29 is 14.0 Å². The molecule has 1 unspecified atom stereocenters. The number of carbonyl (C=O) groups excluding carboxylic acids is 1. The minimum absolute atomic E-state index is 0.0805. The Morgan fingerprint density at radius 2 is 1.77 bits per heavy atom. The van der Waals surface area contributed by atoms with Crippen molar-refractivity contribution in [3.63, 3.8) is 0 Å². The van der Waals surface area contributed by atoms with Gasteiger partial charge in [0.25, 0.3) is 17.0 Å². The van der Waals surface area contributed by atoms with Crippen LogP contribution in [0.2, 0.25) is 17.6 Å². The van der Waals surface area contributed by atoms with E-state index in [0.717, 1.165) is 33.8 Å². The van der Waals surface area contributed by atoms with Crippen molar-refractivity contribution in [2.75, 3.05) is 31.6 Å². The smallest absolute Gasteiger partial charge is 0.274 e. The van der Waals surface area contributed by atoms with Crippen LogP contribution in [0.1, 0.15) is 55.1 Å². The number of nitrogens with one attached hydrogen (secondary N) is 1. The molecule has 3 aromatic heterocycles. The molecule has 2 aromatic carbocycles. The lowest BCUT2D eigenvalue weighted by atomic mass is 9.96. The van der Waals surface area contributed by atoms with E-state index < -0.39 is 8.32 Å². The monoisotopic (exact) mass is 715 g/mol. The number of aromatic nitrogens is 3. The lowest BCUT2D eigenvalue weighted by Gasteiger charge is -2.26. The first-order valence-corrected chi connectivity index (χ1v) is 20.7. The van der Waals surface area contributed by atoms with Crippen LogP contribution in [0.3, 0.4) is 0 Å². The molecule has 8 rings (SSSR count). The quantitative estimate of drug-likeness (QED) is 0.166. The van der Waals surface area contributed by atoms with Crippen LogP contribution in [-0.4, -0.2) is 59.5 Å². The highest BCUT2D eigenvalue weighted by Crippen LogP contribution is 2.62. The van der Waals surface area contributed by atoms with Crippen LogP contribution in [0.5, 0.6) is 0 Å². The maximum atomic E-state index is 14.2. The first-order valence-electron chi connectivity index (χ1n) is 18.1. The van der Waals surface area contributed by atoms with E-state index in [2.05, 4.69) is 49.8 Å². The van der Waals surface area contributed by atoms with Crippen molar-refractivity contribution in [3.05, 3.63) is 117 Å². The van der Waals surface area contributed by atoms with Crippen LogP contribution in [-0.2, 0) is 28.2 Å². The molecule has 3 aliphatic rings. The Kier molecular flexibility index (Phi) is 8.35. The molecule has 2 saturated heterocycles. The molecular weight excluding hydrogens is 671 g/mol. The molecule has 52 heavy (non-hydrogen) atoms. The van der Waals surface area contributed by atoms with E-state index >= 15 is 0 Å². The van der Waals surface area contributed by atoms with E-state index in [1.54, 1.807) is 33.2 Å². The molecule has 1 amide bonds. The summed E-state index contributed by atoms with van der Waals surface area (Å²) in [6, 6.07) is 20.5. The zero-order valence-corrected chi connectivity index (χ0v) is 31.5. The van der Waals surface area contributed by atoms with Crippen molar-refractivity contribution in [3.8, 4) is 16.8 Å². The Balaban J connectivity index is 1.16. The molecule has 1 aliphatic carbocycles. The van der Waals surface area contributed by atoms with Gasteiger partial charge < -0.3 is 23.9 Å². The van der Waals surface area contributed by atoms with E-state index in [1.807, 2.05) is 48.8 Å². The number of aryl methyl sites for hydroxylation is 1. The molecule has 1 saturated carbocycles. The number of benzene rings is 2. The number of pyridine rings is 3. The van der Waals surface area contributed by atoms with Gasteiger partial charge in [0.15, 0.2) is 8.32 Å². The molecule has 0 radical (unpaired) electrons. The Labute approximate surface area is 304 Å². The third-order valence-electron chi connectivity index (χ3n) is 11.7. The normalized spacial score (nSPS) is 20.1. The summed E-state index contributed by atoms with van der Waals surface area (Å²) in [5, 5.41) is 5.00. The Bertz CT molecular complexity index is 2340. The molecule has 5 heterocycles. The maximum Gasteiger partial charge on any atom is 0.274 e. The zero-order chi connectivity index (χ0) is 36.4. The number of ether oxygens (including phenoxy) is 1. The third-order valence-corrected chi connectivity index (χ3v) is 16.7. The fourth-order valence-electron chi connectivity index (χ4n) is 7.42. The summed E-state index contributed by atoms with van der Waals surface area (Å²) in [6.07, 6.45) is 7.57. The van der Waals surface area contributed by atoms with Gasteiger partial charge in [-0.2, -0.15) is 0 Å². The van der Waals surface area contributed by atoms with Crippen LogP contribution in [0.15, 0.2) is 88.8 Å². The highest BCUT2D eigenvalue weighted by Gasteiger charge is 2.62. The standard InChI is InChI=1S/C41H45N5O5Si/c1-40(2)26-52(40,5)51-25-33-31(7-6-8-35(33)46-16-13-27-21-30(41(3)14-15-41)10-11-32(27)38(46)48)29-22-34(39(49)44(4)24-29)43-36-12-9-28(23-42-36)37(47)45-17-19-50-20-18-45/h6-13,16,21-24H,14-15,17-20,25-26H2,1-5H3,(H,42,43). The average Bonchev–Trinajstić information content (AvgIpc) is 4.02. The van der Waals surface area contributed by atoms with Gasteiger partial charge in [-0.25, -0.2) is 4.98 Å². The van der Waals surface area contributed by atoms with Gasteiger partial charge in [-0.05, 0) is 88.8 Å². The third kappa shape index (κ3) is 6.20. The summed E-state index contributed by atoms with van der Waals surface area (Å²) < 4.78 is 15.5. The van der Waals surface area contributed by atoms with Gasteiger partial charge in [-0.15, -0.1) is 0 Å². The number of anilines is 2. The summed E-state index contributed by atoms with van der Waals surface area (Å²) >= 11 is 0. The average molecular weight is 716 g/mol. The number of hydrogen-bond donors (Lipinski definition) is 1. The summed E-state index contributed by atoms with van der Waals surface area (Å²) in [5.41, 5.74) is 5.31. The van der Waals surface area contributed by atoms with Crippen LogP contribution in [0, 0.1) is 0 Å².